The molecule has 1 rings (SSSR count). The van der Waals surface area contributed by atoms with E-state index in [0.29, 0.717) is 11.3 Å². The highest BCUT2D eigenvalue weighted by atomic mass is 79.9. The molecule has 0 N–H and O–H groups in total. The molecule has 6 heteroatoms. The Morgan fingerprint density at radius 3 is 2.17 bits per heavy atom. The van der Waals surface area contributed by atoms with Crippen molar-refractivity contribution in [3.05, 3.63) is 29.8 Å². The molecule has 1 aromatic rings. The number of Topliss-reactive ketones (excluding diaryl/α,β-unsaturated/α-hetero) is 1. The largest absolute Gasteiger partial charge is 0.497 e. The first-order chi connectivity index (χ1) is 8.26. The van der Waals surface area contributed by atoms with Gasteiger partial charge in [0.2, 0.25) is 0 Å². The first-order valence-electron chi connectivity index (χ1n) is 5.33. The smallest absolute Gasteiger partial charge is 0.194 e. The van der Waals surface area contributed by atoms with E-state index in [9.17, 15) is 13.2 Å². The van der Waals surface area contributed by atoms with Crippen molar-refractivity contribution in [2.45, 2.75) is 17.0 Å². The van der Waals surface area contributed by atoms with E-state index < -0.39 is 19.3 Å². The zero-order valence-corrected chi connectivity index (χ0v) is 12.8. The summed E-state index contributed by atoms with van der Waals surface area (Å²) in [7, 11) is -2.02. The van der Waals surface area contributed by atoms with Crippen LogP contribution in [0.25, 0.3) is 0 Å². The molecule has 0 fully saturated rings. The Hall–Kier alpha value is -0.880. The highest BCUT2D eigenvalue weighted by molar-refractivity contribution is 9.12. The van der Waals surface area contributed by atoms with Crippen molar-refractivity contribution in [2.24, 2.45) is 0 Å². The number of hydrogen-bond donors (Lipinski definition) is 0. The second kappa shape index (κ2) is 5.40. The van der Waals surface area contributed by atoms with Crippen molar-refractivity contribution in [3.63, 3.8) is 0 Å². The summed E-state index contributed by atoms with van der Waals surface area (Å²) in [5, 5.41) is 0. The minimum atomic E-state index is -3.54. The third-order valence-electron chi connectivity index (χ3n) is 2.73. The maximum Gasteiger partial charge on any atom is 0.194 e. The van der Waals surface area contributed by atoms with Crippen LogP contribution in [0.3, 0.4) is 0 Å². The van der Waals surface area contributed by atoms with E-state index >= 15 is 0 Å². The zero-order chi connectivity index (χ0) is 14.0. The van der Waals surface area contributed by atoms with E-state index in [0.717, 1.165) is 6.26 Å². The van der Waals surface area contributed by atoms with Crippen LogP contribution < -0.4 is 4.74 Å². The summed E-state index contributed by atoms with van der Waals surface area (Å²) in [5.74, 6) is 0.151. The van der Waals surface area contributed by atoms with Crippen LogP contribution >= 0.6 is 15.9 Å². The first-order valence-corrected chi connectivity index (χ1v) is 8.02. The maximum absolute atomic E-state index is 12.3. The van der Waals surface area contributed by atoms with Gasteiger partial charge in [0, 0.05) is 11.8 Å². The molecule has 0 saturated heterocycles. The molecule has 1 aromatic carbocycles. The van der Waals surface area contributed by atoms with Crippen molar-refractivity contribution in [3.8, 4) is 5.75 Å². The summed E-state index contributed by atoms with van der Waals surface area (Å²) in [5.41, 5.74) is 0.333. The van der Waals surface area contributed by atoms with Crippen molar-refractivity contribution in [1.82, 2.24) is 0 Å². The SMILES string of the molecule is CCC(Br)(C(=O)c1ccc(OC)cc1)S(C)(=O)=O. The quantitative estimate of drug-likeness (QED) is 0.612. The topological polar surface area (TPSA) is 60.4 Å². The van der Waals surface area contributed by atoms with Crippen molar-refractivity contribution >= 4 is 31.6 Å². The number of alkyl halides is 1. The lowest BCUT2D eigenvalue weighted by Gasteiger charge is -2.22. The van der Waals surface area contributed by atoms with Gasteiger partial charge in [0.1, 0.15) is 5.75 Å². The van der Waals surface area contributed by atoms with E-state index in [-0.39, 0.29) is 6.42 Å². The van der Waals surface area contributed by atoms with E-state index in [1.165, 1.54) is 7.11 Å². The van der Waals surface area contributed by atoms with Gasteiger partial charge >= 0.3 is 0 Å². The average molecular weight is 335 g/mol. The van der Waals surface area contributed by atoms with Crippen LogP contribution in [-0.2, 0) is 9.84 Å². The van der Waals surface area contributed by atoms with Crippen molar-refractivity contribution < 1.29 is 17.9 Å². The molecule has 1 atom stereocenters. The van der Waals surface area contributed by atoms with Gasteiger partial charge in [-0.2, -0.15) is 0 Å². The second-order valence-corrected chi connectivity index (χ2v) is 8.03. The molecule has 0 amide bonds. The predicted molar refractivity (Wildman–Crippen MR) is 74.1 cm³/mol. The van der Waals surface area contributed by atoms with Crippen LogP contribution in [0.15, 0.2) is 24.3 Å². The van der Waals surface area contributed by atoms with Crippen LogP contribution in [0.5, 0.6) is 5.75 Å². The molecule has 0 heterocycles. The van der Waals surface area contributed by atoms with Crippen molar-refractivity contribution in [2.75, 3.05) is 13.4 Å². The van der Waals surface area contributed by atoms with E-state index in [1.807, 2.05) is 0 Å². The average Bonchev–Trinajstić information content (AvgIpc) is 2.35. The number of benzene rings is 1. The first kappa shape index (κ1) is 15.2. The molecule has 0 aliphatic carbocycles. The van der Waals surface area contributed by atoms with Crippen LogP contribution in [0.4, 0.5) is 0 Å². The number of methoxy groups -OCH3 is 1. The predicted octanol–water partition coefficient (Wildman–Crippen LogP) is 2.42. The Kier molecular flexibility index (Phi) is 4.55. The van der Waals surface area contributed by atoms with E-state index in [1.54, 1.807) is 31.2 Å². The van der Waals surface area contributed by atoms with E-state index in [2.05, 4.69) is 15.9 Å². The molecular formula is C12H15BrO4S. The highest BCUT2D eigenvalue weighted by Gasteiger charge is 2.44. The minimum absolute atomic E-state index is 0.163. The molecule has 0 aliphatic rings. The minimum Gasteiger partial charge on any atom is -0.497 e. The van der Waals surface area contributed by atoms with Gasteiger partial charge in [-0.15, -0.1) is 0 Å². The number of sulfone groups is 1. The van der Waals surface area contributed by atoms with Gasteiger partial charge in [-0.25, -0.2) is 8.42 Å². The van der Waals surface area contributed by atoms with Gasteiger partial charge in [0.05, 0.1) is 7.11 Å². The molecule has 0 aliphatic heterocycles. The number of hydrogen-bond acceptors (Lipinski definition) is 4. The second-order valence-electron chi connectivity index (χ2n) is 3.91. The number of ketones is 1. The summed E-state index contributed by atoms with van der Waals surface area (Å²) in [4.78, 5) is 12.3. The van der Waals surface area contributed by atoms with Gasteiger partial charge < -0.3 is 4.74 Å². The lowest BCUT2D eigenvalue weighted by atomic mass is 10.1. The van der Waals surface area contributed by atoms with Crippen molar-refractivity contribution in [1.29, 1.82) is 0 Å². The van der Waals surface area contributed by atoms with Gasteiger partial charge in [-0.1, -0.05) is 22.9 Å². The summed E-state index contributed by atoms with van der Waals surface area (Å²) >= 11 is 3.07. The number of carbonyl (C=O) groups is 1. The molecule has 100 valence electrons. The van der Waals surface area contributed by atoms with Crippen LogP contribution in [0.1, 0.15) is 23.7 Å². The van der Waals surface area contributed by atoms with Crippen LogP contribution in [-0.4, -0.2) is 31.2 Å². The fraction of sp³-hybridized carbons (Fsp3) is 0.417. The Labute approximate surface area is 115 Å². The number of halogens is 1. The van der Waals surface area contributed by atoms with Crippen LogP contribution in [0, 0.1) is 0 Å². The Bertz CT molecular complexity index is 536. The highest BCUT2D eigenvalue weighted by Crippen LogP contribution is 2.33. The van der Waals surface area contributed by atoms with Gasteiger partial charge in [0.15, 0.2) is 19.3 Å². The molecule has 0 spiro atoms. The maximum atomic E-state index is 12.3. The molecule has 18 heavy (non-hydrogen) atoms. The van der Waals surface area contributed by atoms with Gasteiger partial charge in [-0.3, -0.25) is 4.79 Å². The summed E-state index contributed by atoms with van der Waals surface area (Å²) < 4.78 is 26.9. The van der Waals surface area contributed by atoms with Gasteiger partial charge in [0.25, 0.3) is 0 Å². The third-order valence-corrected chi connectivity index (χ3v) is 7.07. The number of carbonyl (C=O) groups excluding carboxylic acids is 1. The summed E-state index contributed by atoms with van der Waals surface area (Å²) in [6, 6.07) is 6.35. The van der Waals surface area contributed by atoms with Gasteiger partial charge in [-0.05, 0) is 30.7 Å². The molecule has 0 aromatic heterocycles. The van der Waals surface area contributed by atoms with E-state index in [4.69, 9.17) is 4.74 Å². The summed E-state index contributed by atoms with van der Waals surface area (Å²) in [6.45, 7) is 1.65. The number of ether oxygens (including phenoxy) is 1. The number of rotatable bonds is 5. The standard InChI is InChI=1S/C12H15BrO4S/c1-4-12(13,18(3,15)16)11(14)9-5-7-10(17-2)8-6-9/h5-8H,4H2,1-3H3. The Morgan fingerprint density at radius 1 is 1.33 bits per heavy atom. The Morgan fingerprint density at radius 2 is 1.83 bits per heavy atom. The Balaban J connectivity index is 3.19. The zero-order valence-electron chi connectivity index (χ0n) is 10.4. The monoisotopic (exact) mass is 334 g/mol. The molecule has 0 bridgehead atoms. The lowest BCUT2D eigenvalue weighted by molar-refractivity contribution is 0.0976. The molecule has 0 radical (unpaired) electrons. The normalized spacial score (nSPS) is 14.9. The molecular weight excluding hydrogens is 320 g/mol. The fourth-order valence-corrected chi connectivity index (χ4v) is 2.76. The molecule has 4 nitrogen and oxygen atoms in total. The summed E-state index contributed by atoms with van der Waals surface area (Å²) in [6.07, 6.45) is 1.21. The third kappa shape index (κ3) is 2.75. The molecule has 1 unspecified atom stereocenters. The van der Waals surface area contributed by atoms with Crippen LogP contribution in [0.2, 0.25) is 0 Å². The fourth-order valence-electron chi connectivity index (χ4n) is 1.55. The lowest BCUT2D eigenvalue weighted by Crippen LogP contribution is -2.39. The molecule has 0 saturated carbocycles.